The van der Waals surface area contributed by atoms with Crippen molar-refractivity contribution < 1.29 is 0 Å². The van der Waals surface area contributed by atoms with Crippen LogP contribution in [0.5, 0.6) is 0 Å². The second-order valence-electron chi connectivity index (χ2n) is 4.31. The zero-order valence-corrected chi connectivity index (χ0v) is 9.62. The van der Waals surface area contributed by atoms with Crippen molar-refractivity contribution in [2.24, 2.45) is 5.92 Å². The third-order valence-electron chi connectivity index (χ3n) is 2.89. The molecule has 0 fully saturated rings. The molecule has 0 aliphatic rings. The summed E-state index contributed by atoms with van der Waals surface area (Å²) in [6.07, 6.45) is 0. The first-order valence-electron chi connectivity index (χ1n) is 5.28. The summed E-state index contributed by atoms with van der Waals surface area (Å²) in [7, 11) is 0. The van der Waals surface area contributed by atoms with E-state index in [0.29, 0.717) is 5.92 Å². The molecule has 2 heteroatoms. The zero-order valence-electron chi connectivity index (χ0n) is 9.62. The van der Waals surface area contributed by atoms with E-state index < -0.39 is 5.54 Å². The molecule has 0 heterocycles. The van der Waals surface area contributed by atoms with Crippen molar-refractivity contribution in [3.8, 4) is 6.07 Å². The van der Waals surface area contributed by atoms with Crippen LogP contribution in [0.1, 0.15) is 26.3 Å². The third-order valence-corrected chi connectivity index (χ3v) is 2.89. The number of nitrogens with one attached hydrogen (secondary N) is 1. The predicted octanol–water partition coefficient (Wildman–Crippen LogP) is 2.71. The molecule has 80 valence electrons. The quantitative estimate of drug-likeness (QED) is 0.814. The standard InChI is InChI=1S/C13H18N2/c1-11(2)13(3,10-14)15-9-12-7-5-4-6-8-12/h4-8,11,15H,9H2,1-3H3. The third kappa shape index (κ3) is 3.07. The average Bonchev–Trinajstić information content (AvgIpc) is 2.27. The molecule has 0 aliphatic carbocycles. The SMILES string of the molecule is CC(C)C(C)(C#N)NCc1ccccc1. The smallest absolute Gasteiger partial charge is 0.106 e. The van der Waals surface area contributed by atoms with E-state index >= 15 is 0 Å². The molecular formula is C13H18N2. The van der Waals surface area contributed by atoms with Crippen molar-refractivity contribution in [3.63, 3.8) is 0 Å². The van der Waals surface area contributed by atoms with Crippen LogP contribution in [-0.2, 0) is 6.54 Å². The summed E-state index contributed by atoms with van der Waals surface area (Å²) in [5.74, 6) is 0.297. The maximum Gasteiger partial charge on any atom is 0.106 e. The van der Waals surface area contributed by atoms with Gasteiger partial charge in [-0.2, -0.15) is 5.26 Å². The topological polar surface area (TPSA) is 35.8 Å². The van der Waals surface area contributed by atoms with Gasteiger partial charge in [0, 0.05) is 6.54 Å². The Morgan fingerprint density at radius 1 is 1.33 bits per heavy atom. The Morgan fingerprint density at radius 3 is 2.40 bits per heavy atom. The zero-order chi connectivity index (χ0) is 11.3. The summed E-state index contributed by atoms with van der Waals surface area (Å²) in [4.78, 5) is 0. The van der Waals surface area contributed by atoms with Gasteiger partial charge >= 0.3 is 0 Å². The van der Waals surface area contributed by atoms with Crippen LogP contribution >= 0.6 is 0 Å². The van der Waals surface area contributed by atoms with Crippen LogP contribution in [0.3, 0.4) is 0 Å². The monoisotopic (exact) mass is 202 g/mol. The molecule has 0 bridgehead atoms. The van der Waals surface area contributed by atoms with Gasteiger partial charge in [0.1, 0.15) is 5.54 Å². The molecule has 15 heavy (non-hydrogen) atoms. The lowest BCUT2D eigenvalue weighted by molar-refractivity contribution is 0.336. The highest BCUT2D eigenvalue weighted by atomic mass is 15.0. The van der Waals surface area contributed by atoms with Crippen LogP contribution in [0.2, 0.25) is 0 Å². The molecular weight excluding hydrogens is 184 g/mol. The summed E-state index contributed by atoms with van der Waals surface area (Å²) < 4.78 is 0. The van der Waals surface area contributed by atoms with Gasteiger partial charge in [0.15, 0.2) is 0 Å². The van der Waals surface area contributed by atoms with Crippen molar-refractivity contribution in [2.75, 3.05) is 0 Å². The molecule has 0 spiro atoms. The largest absolute Gasteiger partial charge is 0.295 e. The molecule has 0 radical (unpaired) electrons. The predicted molar refractivity (Wildman–Crippen MR) is 62.1 cm³/mol. The number of rotatable bonds is 4. The molecule has 1 aromatic carbocycles. The normalized spacial score (nSPS) is 14.6. The Kier molecular flexibility index (Phi) is 3.88. The molecule has 1 unspecified atom stereocenters. The lowest BCUT2D eigenvalue weighted by Gasteiger charge is -2.27. The Morgan fingerprint density at radius 2 is 1.93 bits per heavy atom. The maximum absolute atomic E-state index is 9.12. The molecule has 1 atom stereocenters. The van der Waals surface area contributed by atoms with Gasteiger partial charge in [-0.15, -0.1) is 0 Å². The van der Waals surface area contributed by atoms with Crippen LogP contribution in [0.4, 0.5) is 0 Å². The van der Waals surface area contributed by atoms with Gasteiger partial charge in [-0.1, -0.05) is 44.2 Å². The average molecular weight is 202 g/mol. The molecule has 0 aliphatic heterocycles. The Bertz CT molecular complexity index is 337. The Labute approximate surface area is 91.9 Å². The molecule has 1 rings (SSSR count). The second kappa shape index (κ2) is 4.95. The fourth-order valence-electron chi connectivity index (χ4n) is 1.25. The summed E-state index contributed by atoms with van der Waals surface area (Å²) in [5.41, 5.74) is 0.759. The minimum absolute atomic E-state index is 0.297. The fourth-order valence-corrected chi connectivity index (χ4v) is 1.25. The highest BCUT2D eigenvalue weighted by molar-refractivity contribution is 5.16. The summed E-state index contributed by atoms with van der Waals surface area (Å²) in [5, 5.41) is 12.4. The Hall–Kier alpha value is -1.33. The van der Waals surface area contributed by atoms with E-state index in [0.717, 1.165) is 6.54 Å². The first kappa shape index (κ1) is 11.7. The van der Waals surface area contributed by atoms with Gasteiger partial charge in [0.2, 0.25) is 0 Å². The van der Waals surface area contributed by atoms with Crippen LogP contribution in [-0.4, -0.2) is 5.54 Å². The first-order chi connectivity index (χ1) is 7.08. The van der Waals surface area contributed by atoms with Crippen molar-refractivity contribution in [1.82, 2.24) is 5.32 Å². The van der Waals surface area contributed by atoms with E-state index in [2.05, 4.69) is 37.4 Å². The molecule has 0 saturated heterocycles. The minimum Gasteiger partial charge on any atom is -0.295 e. The van der Waals surface area contributed by atoms with E-state index in [4.69, 9.17) is 5.26 Å². The minimum atomic E-state index is -0.449. The van der Waals surface area contributed by atoms with Gasteiger partial charge < -0.3 is 0 Å². The van der Waals surface area contributed by atoms with Gasteiger partial charge in [-0.05, 0) is 18.4 Å². The van der Waals surface area contributed by atoms with Crippen LogP contribution in [0, 0.1) is 17.2 Å². The lowest BCUT2D eigenvalue weighted by Crippen LogP contribution is -2.45. The molecule has 2 nitrogen and oxygen atoms in total. The van der Waals surface area contributed by atoms with Crippen molar-refractivity contribution >= 4 is 0 Å². The van der Waals surface area contributed by atoms with E-state index in [-0.39, 0.29) is 0 Å². The molecule has 0 amide bonds. The maximum atomic E-state index is 9.12. The van der Waals surface area contributed by atoms with E-state index in [9.17, 15) is 0 Å². The summed E-state index contributed by atoms with van der Waals surface area (Å²) in [6.45, 7) is 6.80. The number of nitrogens with zero attached hydrogens (tertiary/aromatic N) is 1. The van der Waals surface area contributed by atoms with Gasteiger partial charge in [-0.25, -0.2) is 0 Å². The second-order valence-corrected chi connectivity index (χ2v) is 4.31. The highest BCUT2D eigenvalue weighted by Gasteiger charge is 2.26. The van der Waals surface area contributed by atoms with E-state index in [1.165, 1.54) is 5.56 Å². The first-order valence-corrected chi connectivity index (χ1v) is 5.28. The van der Waals surface area contributed by atoms with Gasteiger partial charge in [0.25, 0.3) is 0 Å². The number of hydrogen-bond donors (Lipinski definition) is 1. The molecule has 1 aromatic rings. The van der Waals surface area contributed by atoms with Gasteiger partial charge in [0.05, 0.1) is 6.07 Å². The molecule has 0 saturated carbocycles. The van der Waals surface area contributed by atoms with Crippen molar-refractivity contribution in [3.05, 3.63) is 35.9 Å². The Balaban J connectivity index is 2.61. The van der Waals surface area contributed by atoms with Crippen molar-refractivity contribution in [2.45, 2.75) is 32.9 Å². The summed E-state index contributed by atoms with van der Waals surface area (Å²) >= 11 is 0. The molecule has 0 aromatic heterocycles. The number of benzene rings is 1. The fraction of sp³-hybridized carbons (Fsp3) is 0.462. The van der Waals surface area contributed by atoms with Crippen LogP contribution in [0.15, 0.2) is 30.3 Å². The summed E-state index contributed by atoms with van der Waals surface area (Å²) in [6, 6.07) is 12.5. The van der Waals surface area contributed by atoms with Crippen LogP contribution < -0.4 is 5.32 Å². The van der Waals surface area contributed by atoms with E-state index in [1.54, 1.807) is 0 Å². The van der Waals surface area contributed by atoms with Gasteiger partial charge in [-0.3, -0.25) is 5.32 Å². The molecule has 1 N–H and O–H groups in total. The van der Waals surface area contributed by atoms with Crippen molar-refractivity contribution in [1.29, 1.82) is 5.26 Å². The van der Waals surface area contributed by atoms with E-state index in [1.807, 2.05) is 25.1 Å². The number of hydrogen-bond acceptors (Lipinski definition) is 2. The highest BCUT2D eigenvalue weighted by Crippen LogP contribution is 2.15. The lowest BCUT2D eigenvalue weighted by atomic mass is 9.90. The van der Waals surface area contributed by atoms with Crippen LogP contribution in [0.25, 0.3) is 0 Å². The number of nitriles is 1.